The summed E-state index contributed by atoms with van der Waals surface area (Å²) < 4.78 is 2.06. The lowest BCUT2D eigenvalue weighted by atomic mass is 9.92. The Kier molecular flexibility index (Phi) is 4.95. The number of carbonyl (C=O) groups is 1. The first-order valence-corrected chi connectivity index (χ1v) is 10.8. The molecule has 2 aromatic heterocycles. The molecule has 2 heterocycles. The maximum Gasteiger partial charge on any atom is 0.255 e. The smallest absolute Gasteiger partial charge is 0.255 e. The van der Waals surface area contributed by atoms with E-state index in [2.05, 4.69) is 38.3 Å². The van der Waals surface area contributed by atoms with Crippen LogP contribution in [-0.4, -0.2) is 20.7 Å². The molecule has 158 valence electrons. The zero-order valence-corrected chi connectivity index (χ0v) is 18.0. The van der Waals surface area contributed by atoms with Crippen molar-refractivity contribution in [2.75, 3.05) is 5.32 Å². The molecule has 0 spiro atoms. The molecule has 0 unspecified atom stereocenters. The van der Waals surface area contributed by atoms with Crippen molar-refractivity contribution in [3.05, 3.63) is 89.4 Å². The molecule has 1 fully saturated rings. The molecular weight excluding hydrogens is 398 g/mol. The quantitative estimate of drug-likeness (QED) is 0.467. The van der Waals surface area contributed by atoms with Gasteiger partial charge >= 0.3 is 0 Å². The summed E-state index contributed by atoms with van der Waals surface area (Å²) in [5.74, 6) is 0.287. The molecule has 0 saturated heterocycles. The number of nitriles is 1. The molecule has 2 atom stereocenters. The van der Waals surface area contributed by atoms with Crippen molar-refractivity contribution in [1.82, 2.24) is 14.8 Å². The lowest BCUT2D eigenvalue weighted by Crippen LogP contribution is -2.16. The topological polar surface area (TPSA) is 83.6 Å². The summed E-state index contributed by atoms with van der Waals surface area (Å²) in [4.78, 5) is 17.2. The fraction of sp³-hybridized carbons (Fsp3) is 0.231. The molecule has 4 aromatic rings. The van der Waals surface area contributed by atoms with Gasteiger partial charge in [-0.3, -0.25) is 14.5 Å². The van der Waals surface area contributed by atoms with Crippen LogP contribution in [0.15, 0.2) is 67.1 Å². The molecule has 0 radical (unpaired) electrons. The number of rotatable bonds is 5. The van der Waals surface area contributed by atoms with Gasteiger partial charge in [0.05, 0.1) is 29.4 Å². The normalized spacial score (nSPS) is 17.3. The Morgan fingerprint density at radius 3 is 2.75 bits per heavy atom. The number of aromatic nitrogens is 3. The Morgan fingerprint density at radius 2 is 2.00 bits per heavy atom. The van der Waals surface area contributed by atoms with Crippen molar-refractivity contribution in [2.45, 2.75) is 38.1 Å². The van der Waals surface area contributed by atoms with E-state index in [9.17, 15) is 10.1 Å². The molecule has 1 amide bonds. The van der Waals surface area contributed by atoms with Crippen LogP contribution in [0.4, 0.5) is 5.69 Å². The highest BCUT2D eigenvalue weighted by atomic mass is 16.1. The minimum absolute atomic E-state index is 0.0653. The van der Waals surface area contributed by atoms with Gasteiger partial charge in [-0.25, -0.2) is 0 Å². The molecule has 6 heteroatoms. The minimum atomic E-state index is -0.211. The van der Waals surface area contributed by atoms with E-state index in [-0.39, 0.29) is 11.8 Å². The number of anilines is 1. The van der Waals surface area contributed by atoms with Gasteiger partial charge < -0.3 is 5.32 Å². The highest BCUT2D eigenvalue weighted by Gasteiger charge is 2.41. The van der Waals surface area contributed by atoms with Gasteiger partial charge in [-0.1, -0.05) is 19.9 Å². The van der Waals surface area contributed by atoms with Gasteiger partial charge in [0.2, 0.25) is 0 Å². The summed E-state index contributed by atoms with van der Waals surface area (Å²) in [6.45, 7) is 3.98. The Bertz CT molecular complexity index is 1350. The maximum atomic E-state index is 13.1. The van der Waals surface area contributed by atoms with E-state index in [0.29, 0.717) is 28.8 Å². The number of benzene rings is 2. The van der Waals surface area contributed by atoms with Gasteiger partial charge in [0, 0.05) is 34.9 Å². The number of hydrogen-bond acceptors (Lipinski definition) is 4. The molecule has 6 nitrogen and oxygen atoms in total. The average Bonchev–Trinajstić information content (AvgIpc) is 3.50. The Balaban J connectivity index is 1.43. The number of nitrogens with zero attached hydrogens (tertiary/aromatic N) is 4. The Morgan fingerprint density at radius 1 is 1.19 bits per heavy atom. The third-order valence-corrected chi connectivity index (χ3v) is 6.11. The summed E-state index contributed by atoms with van der Waals surface area (Å²) >= 11 is 0. The SMILES string of the molecule is CC(C)c1c(C#N)cccc1C(=O)Nc1ccc2cnn([C@@H]3C[C@H]3c3ccncc3)c2c1. The molecule has 0 aliphatic heterocycles. The highest BCUT2D eigenvalue weighted by Crippen LogP contribution is 2.51. The van der Waals surface area contributed by atoms with Crippen LogP contribution in [0.5, 0.6) is 0 Å². The van der Waals surface area contributed by atoms with Crippen LogP contribution in [0.3, 0.4) is 0 Å². The summed E-state index contributed by atoms with van der Waals surface area (Å²) in [5.41, 5.74) is 4.83. The second kappa shape index (κ2) is 7.93. The van der Waals surface area contributed by atoms with Crippen LogP contribution in [0.1, 0.15) is 65.2 Å². The average molecular weight is 422 g/mol. The number of fused-ring (bicyclic) bond motifs is 1. The van der Waals surface area contributed by atoms with E-state index in [0.717, 1.165) is 22.9 Å². The fourth-order valence-electron chi connectivity index (χ4n) is 4.48. The van der Waals surface area contributed by atoms with Gasteiger partial charge in [0.1, 0.15) is 0 Å². The monoisotopic (exact) mass is 421 g/mol. The second-order valence-corrected chi connectivity index (χ2v) is 8.54. The van der Waals surface area contributed by atoms with E-state index in [1.54, 1.807) is 18.2 Å². The first-order valence-electron chi connectivity index (χ1n) is 10.8. The Hall–Kier alpha value is -3.98. The van der Waals surface area contributed by atoms with Crippen molar-refractivity contribution >= 4 is 22.5 Å². The van der Waals surface area contributed by atoms with Crippen molar-refractivity contribution in [3.63, 3.8) is 0 Å². The zero-order chi connectivity index (χ0) is 22.2. The summed E-state index contributed by atoms with van der Waals surface area (Å²) in [6, 6.07) is 17.8. The van der Waals surface area contributed by atoms with E-state index >= 15 is 0 Å². The second-order valence-electron chi connectivity index (χ2n) is 8.54. The first-order chi connectivity index (χ1) is 15.6. The number of amides is 1. The van der Waals surface area contributed by atoms with Crippen molar-refractivity contribution in [1.29, 1.82) is 5.26 Å². The van der Waals surface area contributed by atoms with Crippen LogP contribution in [-0.2, 0) is 0 Å². The van der Waals surface area contributed by atoms with Crippen molar-refractivity contribution < 1.29 is 4.79 Å². The summed E-state index contributed by atoms with van der Waals surface area (Å²) in [6.07, 6.45) is 6.56. The lowest BCUT2D eigenvalue weighted by molar-refractivity contribution is 0.102. The molecule has 32 heavy (non-hydrogen) atoms. The number of hydrogen-bond donors (Lipinski definition) is 1. The number of nitrogens with one attached hydrogen (secondary N) is 1. The minimum Gasteiger partial charge on any atom is -0.322 e. The lowest BCUT2D eigenvalue weighted by Gasteiger charge is -2.14. The van der Waals surface area contributed by atoms with Gasteiger partial charge in [-0.15, -0.1) is 0 Å². The number of pyridine rings is 1. The standard InChI is InChI=1S/C26H23N5O/c1-16(2)25-18(14-27)4-3-5-21(25)26(32)30-20-7-6-19-15-29-31(23(19)12-20)24-13-22(24)17-8-10-28-11-9-17/h3-12,15-16,22,24H,13H2,1-2H3,(H,30,32)/t22-,24+/m0/s1. The molecule has 0 bridgehead atoms. The predicted octanol–water partition coefficient (Wildman–Crippen LogP) is 5.41. The van der Waals surface area contributed by atoms with Gasteiger partial charge in [0.25, 0.3) is 5.91 Å². The van der Waals surface area contributed by atoms with Gasteiger partial charge in [-0.2, -0.15) is 10.4 Å². The zero-order valence-electron chi connectivity index (χ0n) is 18.0. The third kappa shape index (κ3) is 3.52. The van der Waals surface area contributed by atoms with E-state index in [4.69, 9.17) is 0 Å². The fourth-order valence-corrected chi connectivity index (χ4v) is 4.48. The summed E-state index contributed by atoms with van der Waals surface area (Å²) in [7, 11) is 0. The largest absolute Gasteiger partial charge is 0.322 e. The maximum absolute atomic E-state index is 13.1. The molecular formula is C26H23N5O. The van der Waals surface area contributed by atoms with Crippen LogP contribution >= 0.6 is 0 Å². The molecule has 1 N–H and O–H groups in total. The van der Waals surface area contributed by atoms with E-state index in [1.165, 1.54) is 5.56 Å². The highest BCUT2D eigenvalue weighted by molar-refractivity contribution is 6.06. The van der Waals surface area contributed by atoms with Crippen LogP contribution in [0, 0.1) is 11.3 Å². The van der Waals surface area contributed by atoms with E-state index in [1.807, 2.05) is 50.6 Å². The molecule has 2 aromatic carbocycles. The van der Waals surface area contributed by atoms with Crippen LogP contribution in [0.2, 0.25) is 0 Å². The van der Waals surface area contributed by atoms with Crippen LogP contribution in [0.25, 0.3) is 10.9 Å². The molecule has 5 rings (SSSR count). The van der Waals surface area contributed by atoms with Gasteiger partial charge in [0.15, 0.2) is 0 Å². The third-order valence-electron chi connectivity index (χ3n) is 6.11. The van der Waals surface area contributed by atoms with Crippen molar-refractivity contribution in [3.8, 4) is 6.07 Å². The predicted molar refractivity (Wildman–Crippen MR) is 124 cm³/mol. The Labute approximate surface area is 186 Å². The molecule has 1 aliphatic carbocycles. The van der Waals surface area contributed by atoms with E-state index < -0.39 is 0 Å². The van der Waals surface area contributed by atoms with Crippen LogP contribution < -0.4 is 5.32 Å². The first kappa shape index (κ1) is 20.0. The number of carbonyl (C=O) groups excluding carboxylic acids is 1. The van der Waals surface area contributed by atoms with Crippen molar-refractivity contribution in [2.24, 2.45) is 0 Å². The summed E-state index contributed by atoms with van der Waals surface area (Å²) in [5, 5.41) is 18.1. The molecule has 1 aliphatic rings. The van der Waals surface area contributed by atoms with Gasteiger partial charge in [-0.05, 0) is 65.9 Å². The molecule has 1 saturated carbocycles.